The maximum absolute atomic E-state index is 12.0. The van der Waals surface area contributed by atoms with Crippen LogP contribution in [0.15, 0.2) is 17.1 Å². The molecule has 1 fully saturated rings. The summed E-state index contributed by atoms with van der Waals surface area (Å²) in [6, 6.07) is 0.802. The first-order valence-corrected chi connectivity index (χ1v) is 6.22. The SMILES string of the molecule is CC(C)(C)c1cnn(C2CCC(=O)NC2=O)c(=O)c1.[HH]. The molecular weight excluding hydrogens is 246 g/mol. The van der Waals surface area contributed by atoms with E-state index < -0.39 is 11.9 Å². The summed E-state index contributed by atoms with van der Waals surface area (Å²) < 4.78 is 1.15. The molecule has 1 aromatic rings. The molecule has 1 aliphatic heterocycles. The van der Waals surface area contributed by atoms with Gasteiger partial charge in [-0.3, -0.25) is 19.7 Å². The minimum absolute atomic E-state index is 0. The number of carbonyl (C=O) groups is 2. The Morgan fingerprint density at radius 1 is 1.37 bits per heavy atom. The molecule has 1 aliphatic rings. The van der Waals surface area contributed by atoms with Crippen LogP contribution < -0.4 is 10.9 Å². The Kier molecular flexibility index (Phi) is 3.26. The van der Waals surface area contributed by atoms with E-state index in [1.807, 2.05) is 20.8 Å². The van der Waals surface area contributed by atoms with Crippen LogP contribution in [0, 0.1) is 0 Å². The molecule has 0 bridgehead atoms. The normalized spacial score (nSPS) is 20.3. The summed E-state index contributed by atoms with van der Waals surface area (Å²) in [5, 5.41) is 6.30. The van der Waals surface area contributed by atoms with Gasteiger partial charge < -0.3 is 0 Å². The topological polar surface area (TPSA) is 81.1 Å². The first-order chi connectivity index (χ1) is 8.79. The minimum Gasteiger partial charge on any atom is -0.295 e. The fraction of sp³-hybridized carbons (Fsp3) is 0.538. The van der Waals surface area contributed by atoms with Gasteiger partial charge in [0.05, 0.1) is 6.20 Å². The predicted molar refractivity (Wildman–Crippen MR) is 70.7 cm³/mol. The fourth-order valence-electron chi connectivity index (χ4n) is 1.98. The third kappa shape index (κ3) is 2.72. The van der Waals surface area contributed by atoms with E-state index in [0.29, 0.717) is 6.42 Å². The molecule has 104 valence electrons. The number of hydrogen-bond donors (Lipinski definition) is 1. The Morgan fingerprint density at radius 2 is 2.05 bits per heavy atom. The van der Waals surface area contributed by atoms with E-state index in [4.69, 9.17) is 0 Å². The van der Waals surface area contributed by atoms with Crippen molar-refractivity contribution in [3.8, 4) is 0 Å². The molecule has 1 atom stereocenters. The summed E-state index contributed by atoms with van der Waals surface area (Å²) in [6.45, 7) is 5.96. The number of nitrogens with one attached hydrogen (secondary N) is 1. The quantitative estimate of drug-likeness (QED) is 0.760. The zero-order valence-corrected chi connectivity index (χ0v) is 11.3. The van der Waals surface area contributed by atoms with Crippen LogP contribution in [0.2, 0.25) is 0 Å². The number of carbonyl (C=O) groups excluding carboxylic acids is 2. The van der Waals surface area contributed by atoms with E-state index >= 15 is 0 Å². The molecule has 6 nitrogen and oxygen atoms in total. The summed E-state index contributed by atoms with van der Waals surface area (Å²) in [5.74, 6) is -0.769. The molecule has 0 aliphatic carbocycles. The van der Waals surface area contributed by atoms with Crippen molar-refractivity contribution in [1.82, 2.24) is 15.1 Å². The lowest BCUT2D eigenvalue weighted by Gasteiger charge is -2.23. The smallest absolute Gasteiger partial charge is 0.267 e. The largest absolute Gasteiger partial charge is 0.295 e. The molecule has 19 heavy (non-hydrogen) atoms. The van der Waals surface area contributed by atoms with Gasteiger partial charge in [0.25, 0.3) is 11.5 Å². The number of rotatable bonds is 1. The van der Waals surface area contributed by atoms with E-state index in [9.17, 15) is 14.4 Å². The second kappa shape index (κ2) is 4.60. The molecule has 2 heterocycles. The highest BCUT2D eigenvalue weighted by atomic mass is 16.2. The second-order valence-corrected chi connectivity index (χ2v) is 5.74. The average Bonchev–Trinajstić information content (AvgIpc) is 2.28. The van der Waals surface area contributed by atoms with Gasteiger partial charge in [-0.15, -0.1) is 0 Å². The van der Waals surface area contributed by atoms with Crippen LogP contribution in [0.5, 0.6) is 0 Å². The van der Waals surface area contributed by atoms with E-state index in [2.05, 4.69) is 10.4 Å². The molecule has 1 unspecified atom stereocenters. The van der Waals surface area contributed by atoms with Gasteiger partial charge >= 0.3 is 0 Å². The Labute approximate surface area is 112 Å². The fourth-order valence-corrected chi connectivity index (χ4v) is 1.98. The third-order valence-corrected chi connectivity index (χ3v) is 3.20. The molecule has 2 amide bonds. The van der Waals surface area contributed by atoms with Crippen LogP contribution in [-0.2, 0) is 15.0 Å². The molecule has 1 N–H and O–H groups in total. The van der Waals surface area contributed by atoms with Crippen molar-refractivity contribution in [1.29, 1.82) is 0 Å². The molecule has 2 rings (SSSR count). The summed E-state index contributed by atoms with van der Waals surface area (Å²) in [5.41, 5.74) is 0.332. The van der Waals surface area contributed by atoms with E-state index in [1.54, 1.807) is 6.20 Å². The number of piperidine rings is 1. The molecule has 0 saturated carbocycles. The third-order valence-electron chi connectivity index (χ3n) is 3.20. The molecule has 0 spiro atoms. The van der Waals surface area contributed by atoms with Crippen LogP contribution in [0.4, 0.5) is 0 Å². The molecule has 6 heteroatoms. The maximum atomic E-state index is 12.0. The van der Waals surface area contributed by atoms with Gasteiger partial charge in [-0.2, -0.15) is 5.10 Å². The molecule has 1 saturated heterocycles. The Morgan fingerprint density at radius 3 is 2.58 bits per heavy atom. The number of hydrogen-bond acceptors (Lipinski definition) is 4. The highest BCUT2D eigenvalue weighted by Gasteiger charge is 2.29. The van der Waals surface area contributed by atoms with Gasteiger partial charge in [0.2, 0.25) is 5.91 Å². The lowest BCUT2D eigenvalue weighted by atomic mass is 9.89. The summed E-state index contributed by atoms with van der Waals surface area (Å²) in [7, 11) is 0. The van der Waals surface area contributed by atoms with Gasteiger partial charge in [0.1, 0.15) is 6.04 Å². The lowest BCUT2D eigenvalue weighted by molar-refractivity contribution is -0.136. The second-order valence-electron chi connectivity index (χ2n) is 5.74. The highest BCUT2D eigenvalue weighted by Crippen LogP contribution is 2.20. The van der Waals surface area contributed by atoms with Crippen LogP contribution in [0.3, 0.4) is 0 Å². The Balaban J connectivity index is 0.00000200. The monoisotopic (exact) mass is 265 g/mol. The van der Waals surface area contributed by atoms with Crippen molar-refractivity contribution >= 4 is 11.8 Å². The molecule has 1 aromatic heterocycles. The summed E-state index contributed by atoms with van der Waals surface area (Å²) in [6.07, 6.45) is 2.14. The van der Waals surface area contributed by atoms with Crippen molar-refractivity contribution in [2.45, 2.75) is 45.1 Å². The summed E-state index contributed by atoms with van der Waals surface area (Å²) in [4.78, 5) is 34.8. The minimum atomic E-state index is -0.695. The first-order valence-electron chi connectivity index (χ1n) is 6.22. The highest BCUT2D eigenvalue weighted by molar-refractivity contribution is 5.99. The van der Waals surface area contributed by atoms with Crippen molar-refractivity contribution in [2.75, 3.05) is 0 Å². The lowest BCUT2D eigenvalue weighted by Crippen LogP contribution is -2.45. The van der Waals surface area contributed by atoms with Crippen molar-refractivity contribution in [2.24, 2.45) is 0 Å². The van der Waals surface area contributed by atoms with Gasteiger partial charge in [0, 0.05) is 13.9 Å². The van der Waals surface area contributed by atoms with Crippen LogP contribution in [0.1, 0.15) is 46.6 Å². The molecule has 0 aromatic carbocycles. The van der Waals surface area contributed by atoms with Crippen LogP contribution >= 0.6 is 0 Å². The standard InChI is InChI=1S/C13H17N3O3.H2/c1-13(2,3)8-6-11(18)16(14-7-8)9-4-5-10(17)15-12(9)19;/h6-7,9H,4-5H2,1-3H3,(H,15,17,19);1H. The van der Waals surface area contributed by atoms with Crippen LogP contribution in [0.25, 0.3) is 0 Å². The van der Waals surface area contributed by atoms with Crippen molar-refractivity contribution < 1.29 is 11.0 Å². The summed E-state index contributed by atoms with van der Waals surface area (Å²) >= 11 is 0. The van der Waals surface area contributed by atoms with Gasteiger partial charge in [-0.25, -0.2) is 4.68 Å². The predicted octanol–water partition coefficient (Wildman–Crippen LogP) is 0.764. The number of nitrogens with zero attached hydrogens (tertiary/aromatic N) is 2. The van der Waals surface area contributed by atoms with Crippen LogP contribution in [-0.4, -0.2) is 21.6 Å². The Bertz CT molecular complexity index is 589. The maximum Gasteiger partial charge on any atom is 0.267 e. The molecular formula is C13H19N3O3. The molecule has 0 radical (unpaired) electrons. The number of imide groups is 1. The zero-order chi connectivity index (χ0) is 14.2. The van der Waals surface area contributed by atoms with Gasteiger partial charge in [0.15, 0.2) is 0 Å². The average molecular weight is 265 g/mol. The van der Waals surface area contributed by atoms with Crippen molar-refractivity contribution in [3.05, 3.63) is 28.2 Å². The first kappa shape index (κ1) is 13.5. The van der Waals surface area contributed by atoms with E-state index in [1.165, 1.54) is 6.07 Å². The van der Waals surface area contributed by atoms with Gasteiger partial charge in [-0.1, -0.05) is 20.8 Å². The Hall–Kier alpha value is -1.98. The van der Waals surface area contributed by atoms with Gasteiger partial charge in [-0.05, 0) is 17.4 Å². The van der Waals surface area contributed by atoms with E-state index in [-0.39, 0.29) is 24.7 Å². The van der Waals surface area contributed by atoms with E-state index in [0.717, 1.165) is 10.2 Å². The zero-order valence-electron chi connectivity index (χ0n) is 11.3. The number of amides is 2. The number of aromatic nitrogens is 2. The van der Waals surface area contributed by atoms with Crippen molar-refractivity contribution in [3.63, 3.8) is 0 Å².